The summed E-state index contributed by atoms with van der Waals surface area (Å²) in [5.41, 5.74) is 7.03. The molecule has 3 amide bonds. The minimum absolute atomic E-state index is 0.0518. The monoisotopic (exact) mass is 690 g/mol. The number of nitrogens with zero attached hydrogens (tertiary/aromatic N) is 4. The van der Waals surface area contributed by atoms with Gasteiger partial charge < -0.3 is 10.0 Å². The molecule has 3 aliphatic heterocycles. The second-order valence-electron chi connectivity index (χ2n) is 14.5. The van der Waals surface area contributed by atoms with Crippen molar-refractivity contribution in [3.63, 3.8) is 0 Å². The Morgan fingerprint density at radius 1 is 0.980 bits per heavy atom. The van der Waals surface area contributed by atoms with Gasteiger partial charge in [0.05, 0.1) is 17.7 Å². The maximum absolute atomic E-state index is 15.6. The number of aliphatic hydroxyl groups is 1. The maximum Gasteiger partial charge on any atom is 0.419 e. The molecule has 3 heterocycles. The first-order valence-electron chi connectivity index (χ1n) is 18.3. The molecule has 0 aromatic heterocycles. The number of piperidine rings is 1. The molecule has 0 radical (unpaired) electrons. The number of fused-ring (bicyclic) bond motifs is 1. The lowest BCUT2D eigenvalue weighted by Crippen LogP contribution is -2.47. The summed E-state index contributed by atoms with van der Waals surface area (Å²) in [5.74, 6) is -1.27. The highest BCUT2D eigenvalue weighted by molar-refractivity contribution is 6.05. The number of aryl methyl sites for hydroxylation is 2. The van der Waals surface area contributed by atoms with Crippen molar-refractivity contribution in [2.45, 2.75) is 82.9 Å². The van der Waals surface area contributed by atoms with Crippen LogP contribution in [0.1, 0.15) is 101 Å². The molecule has 3 aromatic rings. The molecule has 2 atom stereocenters. The van der Waals surface area contributed by atoms with Gasteiger partial charge in [-0.25, -0.2) is 9.18 Å². The van der Waals surface area contributed by atoms with Crippen LogP contribution >= 0.6 is 0 Å². The Morgan fingerprint density at radius 3 is 2.47 bits per heavy atom. The van der Waals surface area contributed by atoms with Gasteiger partial charge >= 0.3 is 5.91 Å². The highest BCUT2D eigenvalue weighted by Gasteiger charge is 2.37. The molecule has 51 heavy (non-hydrogen) atoms. The zero-order valence-corrected chi connectivity index (χ0v) is 29.1. The number of imide groups is 1. The molecule has 3 aromatic carbocycles. The fourth-order valence-electron chi connectivity index (χ4n) is 8.29. The molecule has 9 nitrogen and oxygen atoms in total. The van der Waals surface area contributed by atoms with E-state index < -0.39 is 5.92 Å². The minimum atomic E-state index is -0.526. The number of aliphatic hydroxyl groups excluding tert-OH is 1. The second-order valence-corrected chi connectivity index (χ2v) is 14.5. The van der Waals surface area contributed by atoms with Crippen LogP contribution in [0.15, 0.2) is 54.6 Å². The molecular weight excluding hydrogens is 645 g/mol. The average Bonchev–Trinajstić information content (AvgIpc) is 3.47. The number of hydrogen-bond donors (Lipinski definition) is 2. The van der Waals surface area contributed by atoms with Crippen LogP contribution in [-0.2, 0) is 29.0 Å². The molecule has 1 saturated carbocycles. The fourth-order valence-corrected chi connectivity index (χ4v) is 8.29. The summed E-state index contributed by atoms with van der Waals surface area (Å²) in [6, 6.07) is 19.8. The number of nitriles is 1. The molecule has 10 heteroatoms. The summed E-state index contributed by atoms with van der Waals surface area (Å²) in [4.78, 5) is 41.7. The smallest absolute Gasteiger partial charge is 0.393 e. The van der Waals surface area contributed by atoms with E-state index in [1.54, 1.807) is 22.9 Å². The van der Waals surface area contributed by atoms with Crippen LogP contribution < -0.4 is 10.2 Å². The average molecular weight is 691 g/mol. The topological polar surface area (TPSA) is 117 Å². The quantitative estimate of drug-likeness (QED) is 0.248. The van der Waals surface area contributed by atoms with Gasteiger partial charge in [0.15, 0.2) is 12.8 Å². The number of benzene rings is 3. The van der Waals surface area contributed by atoms with Crippen LogP contribution in [0.5, 0.6) is 0 Å². The highest BCUT2D eigenvalue weighted by atomic mass is 19.1. The Morgan fingerprint density at radius 2 is 1.75 bits per heavy atom. The Labute approximate surface area is 298 Å². The Bertz CT molecular complexity index is 1920. The SMILES string of the molecule is CC(c1ccc(CCc2cccc3c2C[N+](=CC2CCC(=O)NC2=O)C3=O)c(F)c1)N1CCN(c2ccc(C#N)c(C3CCC(O)CC3)c2)CC1. The number of carbonyl (C=O) groups is 3. The summed E-state index contributed by atoms with van der Waals surface area (Å²) >= 11 is 0. The lowest BCUT2D eigenvalue weighted by molar-refractivity contribution is -0.434. The third kappa shape index (κ3) is 7.37. The van der Waals surface area contributed by atoms with Gasteiger partial charge in [-0.3, -0.25) is 19.8 Å². The third-order valence-corrected chi connectivity index (χ3v) is 11.5. The molecule has 2 N–H and O–H groups in total. The van der Waals surface area contributed by atoms with Gasteiger partial charge in [-0.1, -0.05) is 24.3 Å². The number of rotatable bonds is 8. The van der Waals surface area contributed by atoms with Crippen molar-refractivity contribution in [1.82, 2.24) is 10.2 Å². The van der Waals surface area contributed by atoms with E-state index in [1.807, 2.05) is 36.4 Å². The lowest BCUT2D eigenvalue weighted by Gasteiger charge is -2.39. The first kappa shape index (κ1) is 34.7. The van der Waals surface area contributed by atoms with Gasteiger partial charge in [0, 0.05) is 49.9 Å². The van der Waals surface area contributed by atoms with E-state index in [9.17, 15) is 24.8 Å². The summed E-state index contributed by atoms with van der Waals surface area (Å²) in [6.07, 6.45) is 6.49. The van der Waals surface area contributed by atoms with Crippen molar-refractivity contribution in [2.75, 3.05) is 31.1 Å². The third-order valence-electron chi connectivity index (χ3n) is 11.5. The summed E-state index contributed by atoms with van der Waals surface area (Å²) in [7, 11) is 0. The van der Waals surface area contributed by atoms with Crippen LogP contribution in [0.2, 0.25) is 0 Å². The normalized spacial score (nSPS) is 24.0. The molecule has 2 saturated heterocycles. The Hall–Kier alpha value is -4.72. The largest absolute Gasteiger partial charge is 0.419 e. The number of nitrogens with one attached hydrogen (secondary N) is 1. The van der Waals surface area contributed by atoms with E-state index in [1.165, 1.54) is 0 Å². The van der Waals surface area contributed by atoms with Gasteiger partial charge in [0.2, 0.25) is 11.8 Å². The lowest BCUT2D eigenvalue weighted by atomic mass is 9.81. The zero-order chi connectivity index (χ0) is 35.6. The Balaban J connectivity index is 0.960. The number of amides is 3. The van der Waals surface area contributed by atoms with Crippen molar-refractivity contribution in [2.24, 2.45) is 5.92 Å². The van der Waals surface area contributed by atoms with E-state index in [2.05, 4.69) is 34.2 Å². The van der Waals surface area contributed by atoms with Gasteiger partial charge in [0.25, 0.3) is 0 Å². The number of piperazine rings is 1. The molecule has 0 bridgehead atoms. The predicted molar refractivity (Wildman–Crippen MR) is 191 cm³/mol. The predicted octanol–water partition coefficient (Wildman–Crippen LogP) is 5.17. The zero-order valence-electron chi connectivity index (χ0n) is 29.1. The van der Waals surface area contributed by atoms with Crippen LogP contribution in [0, 0.1) is 23.1 Å². The molecule has 264 valence electrons. The first-order valence-corrected chi connectivity index (χ1v) is 18.3. The van der Waals surface area contributed by atoms with Crippen molar-refractivity contribution >= 4 is 29.6 Å². The fraction of sp³-hybridized carbons (Fsp3) is 0.439. The summed E-state index contributed by atoms with van der Waals surface area (Å²) in [5, 5.41) is 22.1. The van der Waals surface area contributed by atoms with E-state index in [-0.39, 0.29) is 42.1 Å². The molecule has 7 rings (SSSR count). The molecule has 2 unspecified atom stereocenters. The van der Waals surface area contributed by atoms with Crippen molar-refractivity contribution in [1.29, 1.82) is 5.26 Å². The van der Waals surface area contributed by atoms with Gasteiger partial charge in [-0.05, 0) is 110 Å². The van der Waals surface area contributed by atoms with Gasteiger partial charge in [-0.2, -0.15) is 9.84 Å². The van der Waals surface area contributed by atoms with Crippen molar-refractivity contribution in [3.05, 3.63) is 99.4 Å². The number of carbonyl (C=O) groups excluding carboxylic acids is 3. The molecular formula is C41H45FN5O4+. The summed E-state index contributed by atoms with van der Waals surface area (Å²) in [6.45, 7) is 5.84. The molecule has 3 fully saturated rings. The molecule has 4 aliphatic rings. The summed E-state index contributed by atoms with van der Waals surface area (Å²) < 4.78 is 17.1. The van der Waals surface area contributed by atoms with Crippen molar-refractivity contribution in [3.8, 4) is 6.07 Å². The number of hydrogen-bond acceptors (Lipinski definition) is 7. The van der Waals surface area contributed by atoms with Crippen LogP contribution in [0.25, 0.3) is 0 Å². The second kappa shape index (κ2) is 14.9. The van der Waals surface area contributed by atoms with Gasteiger partial charge in [0.1, 0.15) is 17.3 Å². The first-order chi connectivity index (χ1) is 24.7. The molecule has 0 spiro atoms. The van der Waals surface area contributed by atoms with Crippen molar-refractivity contribution < 1.29 is 28.5 Å². The van der Waals surface area contributed by atoms with Gasteiger partial charge in [-0.15, -0.1) is 0 Å². The highest BCUT2D eigenvalue weighted by Crippen LogP contribution is 2.37. The maximum atomic E-state index is 15.6. The Kier molecular flexibility index (Phi) is 10.1. The minimum Gasteiger partial charge on any atom is -0.393 e. The number of anilines is 1. The van der Waals surface area contributed by atoms with Crippen LogP contribution in [0.4, 0.5) is 10.1 Å². The number of halogens is 1. The van der Waals surface area contributed by atoms with E-state index in [0.717, 1.165) is 85.4 Å². The van der Waals surface area contributed by atoms with Crippen LogP contribution in [-0.4, -0.2) is 70.8 Å². The van der Waals surface area contributed by atoms with E-state index in [0.29, 0.717) is 42.9 Å². The van der Waals surface area contributed by atoms with Crippen LogP contribution in [0.3, 0.4) is 0 Å². The molecule has 1 aliphatic carbocycles. The van der Waals surface area contributed by atoms with E-state index in [4.69, 9.17) is 0 Å². The van der Waals surface area contributed by atoms with E-state index >= 15 is 4.39 Å². The standard InChI is InChI=1S/C41H44FN5O4/c1-26(45-17-19-46(20-18-45)33-13-9-31(23-43)36(22-33)28-10-14-34(48)15-11-28)30-8-7-29(38(42)21-30)6-5-27-3-2-4-35-37(27)25-47(41(35)51)24-32-12-16-39(49)44-40(32)50/h2-4,7-9,13,21-22,24,26,28,32,34,48H,5-6,10-12,14-20,25H2,1H3/p+1.